The van der Waals surface area contributed by atoms with E-state index in [4.69, 9.17) is 37.4 Å². The number of carbonyl (C=O) groups excluding carboxylic acids is 2. The number of hydrogen-bond acceptors (Lipinski definition) is 10. The Labute approximate surface area is 303 Å². The molecule has 9 nitrogen and oxygen atoms in total. The average Bonchev–Trinajstić information content (AvgIpc) is 3.75. The predicted octanol–water partition coefficient (Wildman–Crippen LogP) is 8.91. The van der Waals surface area contributed by atoms with Crippen LogP contribution in [0, 0.1) is 5.92 Å². The second kappa shape index (κ2) is 15.0. The van der Waals surface area contributed by atoms with Gasteiger partial charge >= 0.3 is 5.91 Å². The summed E-state index contributed by atoms with van der Waals surface area (Å²) in [5.41, 5.74) is 2.66. The van der Waals surface area contributed by atoms with Crippen LogP contribution in [0.4, 0.5) is 5.13 Å². The van der Waals surface area contributed by atoms with Crippen LogP contribution in [0.2, 0.25) is 10.0 Å². The molecule has 1 fully saturated rings. The van der Waals surface area contributed by atoms with Gasteiger partial charge in [0.25, 0.3) is 5.78 Å². The molecule has 4 aromatic rings. The zero-order valence-electron chi connectivity index (χ0n) is 27.4. The third-order valence-electron chi connectivity index (χ3n) is 8.12. The molecule has 256 valence electrons. The summed E-state index contributed by atoms with van der Waals surface area (Å²) >= 11 is 15.0. The number of benzene rings is 3. The Hall–Kier alpha value is -3.77. The molecule has 1 aromatic heterocycles. The number of fused-ring (bicyclic) bond motifs is 1. The molecule has 0 spiro atoms. The van der Waals surface area contributed by atoms with Gasteiger partial charge in [-0.25, -0.2) is 0 Å². The Morgan fingerprint density at radius 3 is 2.65 bits per heavy atom. The zero-order valence-corrected chi connectivity index (χ0v) is 30.5. The molecule has 1 amide bonds. The first-order valence-corrected chi connectivity index (χ1v) is 18.5. The van der Waals surface area contributed by atoms with E-state index in [1.54, 1.807) is 48.5 Å². The number of nitrogens with zero attached hydrogens (tertiary/aromatic N) is 3. The second-order valence-electron chi connectivity index (χ2n) is 12.2. The van der Waals surface area contributed by atoms with Gasteiger partial charge in [-0.3, -0.25) is 14.5 Å². The molecule has 0 saturated carbocycles. The maximum Gasteiger partial charge on any atom is 0.301 e. The van der Waals surface area contributed by atoms with Gasteiger partial charge in [0.05, 0.1) is 24.8 Å². The SMILES string of the molecule is CCOc1cc([C@H]2/C(=C(\O)c3ccc4c(c3)C[C@@H](C)O4)C(=O)C(=O)N2c2nnc(SCc3ccc(Cl)cc3Cl)s2)ccc1OCCC(C)C. The van der Waals surface area contributed by atoms with Gasteiger partial charge in [0.2, 0.25) is 5.13 Å². The van der Waals surface area contributed by atoms with Crippen molar-refractivity contribution in [2.24, 2.45) is 5.92 Å². The Morgan fingerprint density at radius 2 is 1.90 bits per heavy atom. The number of anilines is 1. The molecule has 2 aliphatic rings. The minimum atomic E-state index is -1.02. The van der Waals surface area contributed by atoms with Crippen LogP contribution in [0.1, 0.15) is 62.4 Å². The van der Waals surface area contributed by atoms with Gasteiger partial charge in [-0.1, -0.05) is 72.3 Å². The summed E-state index contributed by atoms with van der Waals surface area (Å²) < 4.78 is 18.4. The number of ketones is 1. The van der Waals surface area contributed by atoms with Crippen LogP contribution in [0.3, 0.4) is 0 Å². The Kier molecular flexibility index (Phi) is 10.7. The van der Waals surface area contributed by atoms with E-state index in [9.17, 15) is 14.7 Å². The molecule has 0 aliphatic carbocycles. The second-order valence-corrected chi connectivity index (χ2v) is 15.2. The Balaban J connectivity index is 1.40. The minimum Gasteiger partial charge on any atom is -0.507 e. The van der Waals surface area contributed by atoms with Crippen molar-refractivity contribution < 1.29 is 28.9 Å². The molecule has 49 heavy (non-hydrogen) atoms. The van der Waals surface area contributed by atoms with Crippen LogP contribution in [0.25, 0.3) is 5.76 Å². The molecular formula is C36H35Cl2N3O6S2. The zero-order chi connectivity index (χ0) is 34.8. The number of aliphatic hydroxyl groups excluding tert-OH is 1. The van der Waals surface area contributed by atoms with Crippen molar-refractivity contribution in [2.45, 2.75) is 62.8 Å². The highest BCUT2D eigenvalue weighted by molar-refractivity contribution is 8.00. The van der Waals surface area contributed by atoms with Crippen molar-refractivity contribution in [2.75, 3.05) is 18.1 Å². The fourth-order valence-electron chi connectivity index (χ4n) is 5.69. The third-order valence-corrected chi connectivity index (χ3v) is 10.8. The van der Waals surface area contributed by atoms with Crippen LogP contribution in [0.5, 0.6) is 17.2 Å². The smallest absolute Gasteiger partial charge is 0.301 e. The normalized spacial score (nSPS) is 18.2. The minimum absolute atomic E-state index is 0.00331. The van der Waals surface area contributed by atoms with E-state index in [-0.39, 0.29) is 22.6 Å². The summed E-state index contributed by atoms with van der Waals surface area (Å²) in [5, 5.41) is 21.7. The number of amides is 1. The van der Waals surface area contributed by atoms with Gasteiger partial charge in [-0.15, -0.1) is 10.2 Å². The maximum atomic E-state index is 13.9. The molecular weight excluding hydrogens is 705 g/mol. The number of thioether (sulfide) groups is 1. The summed E-state index contributed by atoms with van der Waals surface area (Å²) in [6.45, 7) is 8.95. The molecule has 1 saturated heterocycles. The highest BCUT2D eigenvalue weighted by Crippen LogP contribution is 2.46. The Bertz CT molecular complexity index is 1930. The predicted molar refractivity (Wildman–Crippen MR) is 194 cm³/mol. The van der Waals surface area contributed by atoms with Crippen LogP contribution in [-0.2, 0) is 21.8 Å². The van der Waals surface area contributed by atoms with E-state index in [1.165, 1.54) is 28.0 Å². The first-order chi connectivity index (χ1) is 23.5. The van der Waals surface area contributed by atoms with Crippen LogP contribution < -0.4 is 19.1 Å². The summed E-state index contributed by atoms with van der Waals surface area (Å²) in [5.74, 6) is 0.742. The van der Waals surface area contributed by atoms with Gasteiger partial charge in [0.1, 0.15) is 17.6 Å². The number of hydrogen-bond donors (Lipinski definition) is 1. The molecule has 2 aliphatic heterocycles. The van der Waals surface area contributed by atoms with E-state index in [1.807, 2.05) is 19.9 Å². The highest BCUT2D eigenvalue weighted by Gasteiger charge is 2.48. The number of Topliss-reactive ketones (excluding diaryl/α,β-unsaturated/α-hetero) is 1. The lowest BCUT2D eigenvalue weighted by Crippen LogP contribution is -2.29. The van der Waals surface area contributed by atoms with Crippen molar-refractivity contribution in [3.8, 4) is 17.2 Å². The standard InChI is InChI=1S/C36H35Cl2N3O6S2/c1-5-45-29-16-21(7-11-28(29)46-13-12-19(2)3)31-30(32(42)22-8-10-27-24(15-22)14-20(4)47-27)33(43)34(44)41(31)35-39-40-36(49-35)48-18-23-6-9-25(37)17-26(23)38/h6-11,15-17,19-20,31,42H,5,12-14,18H2,1-4H3/b32-30+/t20-,31+/m1/s1. The fraction of sp³-hybridized carbons (Fsp3) is 0.333. The monoisotopic (exact) mass is 739 g/mol. The lowest BCUT2D eigenvalue weighted by Gasteiger charge is -2.24. The van der Waals surface area contributed by atoms with E-state index < -0.39 is 17.7 Å². The number of aliphatic hydroxyl groups is 1. The quantitative estimate of drug-likeness (QED) is 0.0501. The largest absolute Gasteiger partial charge is 0.507 e. The van der Waals surface area contributed by atoms with Crippen LogP contribution in [-0.4, -0.2) is 46.3 Å². The van der Waals surface area contributed by atoms with Crippen LogP contribution in [0.15, 0.2) is 64.5 Å². The molecule has 2 atom stereocenters. The molecule has 6 rings (SSSR count). The van der Waals surface area contributed by atoms with Crippen molar-refractivity contribution in [3.63, 3.8) is 0 Å². The van der Waals surface area contributed by atoms with Crippen molar-refractivity contribution in [3.05, 3.63) is 92.5 Å². The number of rotatable bonds is 12. The van der Waals surface area contributed by atoms with E-state index in [0.29, 0.717) is 68.3 Å². The summed E-state index contributed by atoms with van der Waals surface area (Å²) in [4.78, 5) is 29.0. The van der Waals surface area contributed by atoms with E-state index >= 15 is 0 Å². The van der Waals surface area contributed by atoms with Gasteiger partial charge in [-0.2, -0.15) is 0 Å². The molecule has 0 bridgehead atoms. The van der Waals surface area contributed by atoms with Crippen LogP contribution >= 0.6 is 46.3 Å². The number of ether oxygens (including phenoxy) is 3. The first kappa shape index (κ1) is 35.1. The van der Waals surface area contributed by atoms with Crippen molar-refractivity contribution in [1.29, 1.82) is 0 Å². The summed E-state index contributed by atoms with van der Waals surface area (Å²) in [6, 6.07) is 14.8. The first-order valence-electron chi connectivity index (χ1n) is 15.9. The number of carbonyl (C=O) groups is 2. The maximum absolute atomic E-state index is 13.9. The van der Waals surface area contributed by atoms with E-state index in [2.05, 4.69) is 24.0 Å². The molecule has 3 heterocycles. The third kappa shape index (κ3) is 7.55. The average molecular weight is 741 g/mol. The molecule has 1 N–H and O–H groups in total. The molecule has 3 aromatic carbocycles. The fourth-order valence-corrected chi connectivity index (χ4v) is 8.12. The van der Waals surface area contributed by atoms with Gasteiger partial charge in [0, 0.05) is 27.8 Å². The van der Waals surface area contributed by atoms with Crippen molar-refractivity contribution in [1.82, 2.24) is 10.2 Å². The van der Waals surface area contributed by atoms with Gasteiger partial charge in [0.15, 0.2) is 15.8 Å². The number of halogens is 2. The van der Waals surface area contributed by atoms with Gasteiger partial charge in [-0.05, 0) is 85.3 Å². The topological polar surface area (TPSA) is 111 Å². The summed E-state index contributed by atoms with van der Waals surface area (Å²) in [7, 11) is 0. The van der Waals surface area contributed by atoms with Crippen molar-refractivity contribution >= 4 is 68.9 Å². The number of aromatic nitrogens is 2. The summed E-state index contributed by atoms with van der Waals surface area (Å²) in [6.07, 6.45) is 1.52. The molecule has 0 radical (unpaired) electrons. The van der Waals surface area contributed by atoms with E-state index in [0.717, 1.165) is 23.3 Å². The molecule has 0 unspecified atom stereocenters. The highest BCUT2D eigenvalue weighted by atomic mass is 35.5. The van der Waals surface area contributed by atoms with Gasteiger partial charge < -0.3 is 19.3 Å². The lowest BCUT2D eigenvalue weighted by atomic mass is 9.94. The lowest BCUT2D eigenvalue weighted by molar-refractivity contribution is -0.132. The molecule has 13 heteroatoms. The Morgan fingerprint density at radius 1 is 1.08 bits per heavy atom.